The summed E-state index contributed by atoms with van der Waals surface area (Å²) >= 11 is 0. The summed E-state index contributed by atoms with van der Waals surface area (Å²) in [6.07, 6.45) is 2.87. The molecule has 3 rings (SSSR count). The lowest BCUT2D eigenvalue weighted by Gasteiger charge is -2.16. The monoisotopic (exact) mass is 443 g/mol. The number of rotatable bonds is 7. The van der Waals surface area contributed by atoms with E-state index in [1.807, 2.05) is 45.9 Å². The van der Waals surface area contributed by atoms with Crippen molar-refractivity contribution in [1.29, 1.82) is 0 Å². The second-order valence-corrected chi connectivity index (χ2v) is 8.96. The summed E-state index contributed by atoms with van der Waals surface area (Å²) in [5, 5.41) is 6.82. The van der Waals surface area contributed by atoms with Crippen LogP contribution in [0.15, 0.2) is 47.6 Å². The van der Waals surface area contributed by atoms with Gasteiger partial charge in [-0.05, 0) is 51.0 Å². The van der Waals surface area contributed by atoms with E-state index in [1.54, 1.807) is 10.7 Å². The number of aromatic nitrogens is 3. The molecule has 0 aliphatic rings. The molecule has 2 N–H and O–H groups in total. The number of ether oxygens (including phenoxy) is 1. The van der Waals surface area contributed by atoms with Gasteiger partial charge in [0.1, 0.15) is 5.69 Å². The van der Waals surface area contributed by atoms with E-state index >= 15 is 0 Å². The Hall–Kier alpha value is -3.40. The highest BCUT2D eigenvalue weighted by atomic mass is 32.2. The third-order valence-corrected chi connectivity index (χ3v) is 6.01. The van der Waals surface area contributed by atoms with Crippen molar-refractivity contribution in [1.82, 2.24) is 14.8 Å². The maximum absolute atomic E-state index is 13.1. The van der Waals surface area contributed by atoms with Crippen LogP contribution in [-0.2, 0) is 10.0 Å². The van der Waals surface area contributed by atoms with Crippen LogP contribution < -0.4 is 14.8 Å². The van der Waals surface area contributed by atoms with E-state index < -0.39 is 15.9 Å². The number of sulfonamides is 1. The Bertz CT molecular complexity index is 1200. The molecule has 0 saturated heterocycles. The Morgan fingerprint density at radius 3 is 2.45 bits per heavy atom. The van der Waals surface area contributed by atoms with Gasteiger partial charge >= 0.3 is 0 Å². The Kier molecular flexibility index (Phi) is 6.30. The fourth-order valence-electron chi connectivity index (χ4n) is 3.11. The molecule has 0 radical (unpaired) electrons. The van der Waals surface area contributed by atoms with Gasteiger partial charge in [0.2, 0.25) is 5.88 Å². The number of hydrogen-bond donors (Lipinski definition) is 2. The van der Waals surface area contributed by atoms with Gasteiger partial charge in [-0.15, -0.1) is 0 Å². The normalized spacial score (nSPS) is 11.4. The van der Waals surface area contributed by atoms with Crippen molar-refractivity contribution in [3.05, 3.63) is 59.5 Å². The van der Waals surface area contributed by atoms with Crippen molar-refractivity contribution in [2.24, 2.45) is 0 Å². The molecule has 1 amide bonds. The fraction of sp³-hybridized carbons (Fsp3) is 0.286. The van der Waals surface area contributed by atoms with E-state index in [9.17, 15) is 13.2 Å². The summed E-state index contributed by atoms with van der Waals surface area (Å²) in [6, 6.07) is 8.37. The lowest BCUT2D eigenvalue weighted by molar-refractivity contribution is 0.101. The minimum absolute atomic E-state index is 0.0118. The highest BCUT2D eigenvalue weighted by Crippen LogP contribution is 2.29. The number of aryl methyl sites for hydroxylation is 2. The lowest BCUT2D eigenvalue weighted by Crippen LogP contribution is -2.20. The summed E-state index contributed by atoms with van der Waals surface area (Å²) in [5.74, 6) is -0.506. The highest BCUT2D eigenvalue weighted by molar-refractivity contribution is 7.92. The first-order valence-corrected chi connectivity index (χ1v) is 11.1. The molecule has 0 atom stereocenters. The summed E-state index contributed by atoms with van der Waals surface area (Å²) in [4.78, 5) is 16.6. The zero-order valence-corrected chi connectivity index (χ0v) is 18.8. The van der Waals surface area contributed by atoms with Crippen LogP contribution in [0.2, 0.25) is 0 Å². The lowest BCUT2D eigenvalue weighted by atomic mass is 10.1. The molecule has 0 fully saturated rings. The van der Waals surface area contributed by atoms with E-state index in [0.29, 0.717) is 11.4 Å². The third kappa shape index (κ3) is 4.69. The van der Waals surface area contributed by atoms with Crippen LogP contribution in [0.1, 0.15) is 41.5 Å². The van der Waals surface area contributed by atoms with Crippen LogP contribution in [0.5, 0.6) is 5.88 Å². The topological polar surface area (TPSA) is 115 Å². The van der Waals surface area contributed by atoms with Crippen LogP contribution in [0.4, 0.5) is 11.4 Å². The van der Waals surface area contributed by atoms with Gasteiger partial charge in [-0.1, -0.05) is 18.2 Å². The van der Waals surface area contributed by atoms with Crippen LogP contribution in [-0.4, -0.2) is 36.2 Å². The Morgan fingerprint density at radius 1 is 1.16 bits per heavy atom. The number of pyridine rings is 1. The van der Waals surface area contributed by atoms with E-state index in [2.05, 4.69) is 20.1 Å². The van der Waals surface area contributed by atoms with Crippen LogP contribution in [0.25, 0.3) is 0 Å². The predicted molar refractivity (Wildman–Crippen MR) is 118 cm³/mol. The zero-order valence-electron chi connectivity index (χ0n) is 18.0. The summed E-state index contributed by atoms with van der Waals surface area (Å²) < 4.78 is 35.6. The molecule has 31 heavy (non-hydrogen) atoms. The number of anilines is 2. The average Bonchev–Trinajstić information content (AvgIpc) is 3.21. The molecule has 9 nitrogen and oxygen atoms in total. The smallest absolute Gasteiger partial charge is 0.273 e. The van der Waals surface area contributed by atoms with Gasteiger partial charge in [-0.25, -0.2) is 13.4 Å². The second-order valence-electron chi connectivity index (χ2n) is 7.31. The quantitative estimate of drug-likeness (QED) is 0.577. The first-order valence-electron chi connectivity index (χ1n) is 9.62. The third-order valence-electron chi connectivity index (χ3n) is 4.67. The molecule has 0 saturated carbocycles. The van der Waals surface area contributed by atoms with Crippen molar-refractivity contribution in [3.63, 3.8) is 0 Å². The van der Waals surface area contributed by atoms with E-state index in [4.69, 9.17) is 4.74 Å². The fourth-order valence-corrected chi connectivity index (χ4v) is 4.46. The predicted octanol–water partition coefficient (Wildman–Crippen LogP) is 3.54. The summed E-state index contributed by atoms with van der Waals surface area (Å²) in [7, 11) is -2.71. The van der Waals surface area contributed by atoms with Gasteiger partial charge in [0.05, 0.1) is 24.7 Å². The van der Waals surface area contributed by atoms with Gasteiger partial charge in [0, 0.05) is 12.2 Å². The number of nitrogens with zero attached hydrogens (tertiary/aromatic N) is 3. The van der Waals surface area contributed by atoms with Gasteiger partial charge in [0.25, 0.3) is 15.9 Å². The van der Waals surface area contributed by atoms with Gasteiger partial charge in [-0.3, -0.25) is 14.2 Å². The Balaban J connectivity index is 1.95. The standard InChI is InChI=1S/C21H25N5O4S/c1-13(2)26-17(9-10-23-26)20(27)24-16-11-18(21(30-5)22-12-16)31(28,29)25-19-14(3)7-6-8-15(19)4/h6-13,25H,1-5H3,(H,24,27). The van der Waals surface area contributed by atoms with Crippen LogP contribution in [0, 0.1) is 13.8 Å². The molecular weight excluding hydrogens is 418 g/mol. The van der Waals surface area contributed by atoms with Crippen molar-refractivity contribution < 1.29 is 17.9 Å². The molecule has 1 aromatic carbocycles. The van der Waals surface area contributed by atoms with Crippen LogP contribution >= 0.6 is 0 Å². The summed E-state index contributed by atoms with van der Waals surface area (Å²) in [5.41, 5.74) is 2.61. The van der Waals surface area contributed by atoms with Crippen molar-refractivity contribution >= 4 is 27.3 Å². The number of carbonyl (C=O) groups excluding carboxylic acids is 1. The molecule has 0 bridgehead atoms. The molecule has 0 unspecified atom stereocenters. The minimum atomic E-state index is -4.04. The first-order chi connectivity index (χ1) is 14.6. The highest BCUT2D eigenvalue weighted by Gasteiger charge is 2.24. The maximum atomic E-state index is 13.1. The number of para-hydroxylation sites is 1. The van der Waals surface area contributed by atoms with Gasteiger partial charge in [0.15, 0.2) is 4.90 Å². The molecular formula is C21H25N5O4S. The number of methoxy groups -OCH3 is 1. The SMILES string of the molecule is COc1ncc(NC(=O)c2ccnn2C(C)C)cc1S(=O)(=O)Nc1c(C)cccc1C. The summed E-state index contributed by atoms with van der Waals surface area (Å²) in [6.45, 7) is 7.44. The molecule has 0 aliphatic carbocycles. The van der Waals surface area contributed by atoms with Gasteiger partial charge < -0.3 is 10.1 Å². The Labute approximate surface area is 181 Å². The molecule has 164 valence electrons. The van der Waals surface area contributed by atoms with E-state index in [1.165, 1.54) is 25.6 Å². The first kappa shape index (κ1) is 22.3. The van der Waals surface area contributed by atoms with Crippen molar-refractivity contribution in [2.45, 2.75) is 38.6 Å². The molecule has 2 heterocycles. The number of nitrogens with one attached hydrogen (secondary N) is 2. The zero-order chi connectivity index (χ0) is 22.8. The van der Waals surface area contributed by atoms with Gasteiger partial charge in [-0.2, -0.15) is 5.10 Å². The number of amides is 1. The number of hydrogen-bond acceptors (Lipinski definition) is 6. The maximum Gasteiger partial charge on any atom is 0.273 e. The average molecular weight is 444 g/mol. The minimum Gasteiger partial charge on any atom is -0.480 e. The second kappa shape index (κ2) is 8.76. The Morgan fingerprint density at radius 2 is 1.84 bits per heavy atom. The van der Waals surface area contributed by atoms with E-state index in [0.717, 1.165) is 11.1 Å². The molecule has 2 aromatic heterocycles. The van der Waals surface area contributed by atoms with E-state index in [-0.39, 0.29) is 22.5 Å². The molecule has 10 heteroatoms. The van der Waals surface area contributed by atoms with Crippen LogP contribution in [0.3, 0.4) is 0 Å². The number of carbonyl (C=O) groups is 1. The molecule has 0 spiro atoms. The molecule has 0 aliphatic heterocycles. The largest absolute Gasteiger partial charge is 0.480 e. The number of benzene rings is 1. The van der Waals surface area contributed by atoms with Crippen molar-refractivity contribution in [3.8, 4) is 5.88 Å². The van der Waals surface area contributed by atoms with Crippen molar-refractivity contribution in [2.75, 3.05) is 17.1 Å². The molecule has 3 aromatic rings.